The Kier molecular flexibility index (Phi) is 4.47. The molecule has 0 bridgehead atoms. The lowest BCUT2D eigenvalue weighted by Gasteiger charge is -2.28. The summed E-state index contributed by atoms with van der Waals surface area (Å²) in [7, 11) is 0. The van der Waals surface area contributed by atoms with Crippen molar-refractivity contribution in [3.05, 3.63) is 72.4 Å². The third kappa shape index (κ3) is 3.35. The van der Waals surface area contributed by atoms with E-state index >= 15 is 0 Å². The van der Waals surface area contributed by atoms with Crippen LogP contribution in [0.5, 0.6) is 0 Å². The number of aromatic nitrogens is 2. The topological polar surface area (TPSA) is 64.9 Å². The summed E-state index contributed by atoms with van der Waals surface area (Å²) in [6, 6.07) is 22.6. The fourth-order valence-electron chi connectivity index (χ4n) is 3.86. The molecule has 29 heavy (non-hydrogen) atoms. The molecule has 1 saturated heterocycles. The average Bonchev–Trinajstić information content (AvgIpc) is 3.24. The van der Waals surface area contributed by atoms with Crippen molar-refractivity contribution in [2.75, 3.05) is 31.2 Å². The van der Waals surface area contributed by atoms with Gasteiger partial charge in [0.25, 0.3) is 0 Å². The van der Waals surface area contributed by atoms with E-state index in [1.165, 1.54) is 5.69 Å². The minimum atomic E-state index is 0.655. The highest BCUT2D eigenvalue weighted by Crippen LogP contribution is 2.32. The Balaban J connectivity index is 1.51. The molecule has 2 aromatic heterocycles. The summed E-state index contributed by atoms with van der Waals surface area (Å²) in [5.41, 5.74) is 6.96. The fourth-order valence-corrected chi connectivity index (χ4v) is 3.86. The molecule has 142 valence electrons. The van der Waals surface area contributed by atoms with Crippen molar-refractivity contribution in [2.45, 2.75) is 0 Å². The van der Waals surface area contributed by atoms with Gasteiger partial charge in [0.15, 0.2) is 0 Å². The Morgan fingerprint density at radius 1 is 0.966 bits per heavy atom. The van der Waals surface area contributed by atoms with Crippen LogP contribution in [-0.4, -0.2) is 36.3 Å². The van der Waals surface area contributed by atoms with Crippen LogP contribution in [0.4, 0.5) is 5.69 Å². The molecule has 5 nitrogen and oxygen atoms in total. The third-order valence-corrected chi connectivity index (χ3v) is 5.39. The van der Waals surface area contributed by atoms with Crippen LogP contribution in [0.15, 0.2) is 66.9 Å². The van der Waals surface area contributed by atoms with Gasteiger partial charge in [-0.2, -0.15) is 5.26 Å². The first-order valence-electron chi connectivity index (χ1n) is 9.73. The smallest absolute Gasteiger partial charge is 0.138 e. The van der Waals surface area contributed by atoms with Crippen LogP contribution in [0.1, 0.15) is 5.56 Å². The Labute approximate surface area is 169 Å². The fraction of sp³-hybridized carbons (Fsp3) is 0.167. The van der Waals surface area contributed by atoms with Crippen LogP contribution in [0.3, 0.4) is 0 Å². The number of aromatic amines is 1. The zero-order valence-electron chi connectivity index (χ0n) is 15.9. The van der Waals surface area contributed by atoms with E-state index in [0.29, 0.717) is 5.56 Å². The molecule has 3 heterocycles. The monoisotopic (exact) mass is 380 g/mol. The highest BCUT2D eigenvalue weighted by atomic mass is 16.5. The Morgan fingerprint density at radius 2 is 1.79 bits per heavy atom. The molecule has 2 aromatic carbocycles. The van der Waals surface area contributed by atoms with E-state index in [0.717, 1.165) is 59.7 Å². The molecule has 0 atom stereocenters. The van der Waals surface area contributed by atoms with Crippen molar-refractivity contribution < 1.29 is 4.74 Å². The number of pyridine rings is 1. The average molecular weight is 380 g/mol. The second kappa shape index (κ2) is 7.42. The lowest BCUT2D eigenvalue weighted by Crippen LogP contribution is -2.36. The number of fused-ring (bicyclic) bond motifs is 1. The number of rotatable bonds is 3. The van der Waals surface area contributed by atoms with Crippen molar-refractivity contribution in [1.82, 2.24) is 9.97 Å². The molecule has 0 radical (unpaired) electrons. The highest BCUT2D eigenvalue weighted by Gasteiger charge is 2.13. The molecule has 1 aliphatic rings. The quantitative estimate of drug-likeness (QED) is 0.564. The van der Waals surface area contributed by atoms with Crippen LogP contribution in [0, 0.1) is 11.3 Å². The number of ether oxygens (including phenoxy) is 1. The summed E-state index contributed by atoms with van der Waals surface area (Å²) in [5, 5.41) is 10.3. The van der Waals surface area contributed by atoms with Crippen LogP contribution in [0.2, 0.25) is 0 Å². The van der Waals surface area contributed by atoms with Crippen molar-refractivity contribution in [1.29, 1.82) is 5.26 Å². The number of hydrogen-bond acceptors (Lipinski definition) is 4. The first-order valence-corrected chi connectivity index (χ1v) is 9.73. The summed E-state index contributed by atoms with van der Waals surface area (Å²) in [6.45, 7) is 3.43. The highest BCUT2D eigenvalue weighted by molar-refractivity contribution is 5.96. The molecule has 0 amide bonds. The van der Waals surface area contributed by atoms with Gasteiger partial charge in [-0.05, 0) is 53.1 Å². The lowest BCUT2D eigenvalue weighted by molar-refractivity contribution is 0.122. The maximum atomic E-state index is 9.21. The van der Waals surface area contributed by atoms with E-state index in [2.05, 4.69) is 51.3 Å². The summed E-state index contributed by atoms with van der Waals surface area (Å²) in [6.07, 6.45) is 1.80. The maximum absolute atomic E-state index is 9.21. The second-order valence-corrected chi connectivity index (χ2v) is 7.14. The van der Waals surface area contributed by atoms with Crippen LogP contribution >= 0.6 is 0 Å². The summed E-state index contributed by atoms with van der Waals surface area (Å²) >= 11 is 0. The SMILES string of the molecule is N#Cc1cccc(-c2ccnc3[nH]c(-c4ccc(N5CCOCC5)cc4)cc23)c1. The molecular formula is C24H20N4O. The van der Waals surface area contributed by atoms with Crippen molar-refractivity contribution in [3.8, 4) is 28.5 Å². The third-order valence-electron chi connectivity index (χ3n) is 5.39. The molecule has 4 aromatic rings. The molecular weight excluding hydrogens is 360 g/mol. The molecule has 5 rings (SSSR count). The lowest BCUT2D eigenvalue weighted by atomic mass is 10.0. The van der Waals surface area contributed by atoms with Crippen molar-refractivity contribution in [3.63, 3.8) is 0 Å². The van der Waals surface area contributed by atoms with Gasteiger partial charge in [-0.25, -0.2) is 4.98 Å². The van der Waals surface area contributed by atoms with E-state index in [4.69, 9.17) is 4.74 Å². The van der Waals surface area contributed by atoms with E-state index in [9.17, 15) is 5.26 Å². The van der Waals surface area contributed by atoms with Gasteiger partial charge in [-0.1, -0.05) is 24.3 Å². The Bertz CT molecular complexity index is 1200. The van der Waals surface area contributed by atoms with Gasteiger partial charge in [0.2, 0.25) is 0 Å². The van der Waals surface area contributed by atoms with Gasteiger partial charge >= 0.3 is 0 Å². The first kappa shape index (κ1) is 17.5. The zero-order chi connectivity index (χ0) is 19.6. The number of nitrogens with one attached hydrogen (secondary N) is 1. The number of H-pyrrole nitrogens is 1. The molecule has 0 saturated carbocycles. The van der Waals surface area contributed by atoms with E-state index in [1.54, 1.807) is 6.20 Å². The molecule has 1 aliphatic heterocycles. The number of anilines is 1. The molecule has 0 aliphatic carbocycles. The Morgan fingerprint density at radius 3 is 2.59 bits per heavy atom. The van der Waals surface area contributed by atoms with Crippen LogP contribution in [-0.2, 0) is 4.74 Å². The summed E-state index contributed by atoms with van der Waals surface area (Å²) in [4.78, 5) is 10.3. The van der Waals surface area contributed by atoms with Crippen LogP contribution < -0.4 is 4.90 Å². The number of nitriles is 1. The number of hydrogen-bond donors (Lipinski definition) is 1. The van der Waals surface area contributed by atoms with E-state index in [-0.39, 0.29) is 0 Å². The number of morpholine rings is 1. The number of benzene rings is 2. The van der Waals surface area contributed by atoms with Gasteiger partial charge in [0.1, 0.15) is 5.65 Å². The van der Waals surface area contributed by atoms with Gasteiger partial charge in [0, 0.05) is 36.1 Å². The predicted molar refractivity (Wildman–Crippen MR) is 115 cm³/mol. The zero-order valence-corrected chi connectivity index (χ0v) is 15.9. The number of nitrogens with zero attached hydrogens (tertiary/aromatic N) is 3. The van der Waals surface area contributed by atoms with Crippen LogP contribution in [0.25, 0.3) is 33.4 Å². The molecule has 1 N–H and O–H groups in total. The second-order valence-electron chi connectivity index (χ2n) is 7.14. The van der Waals surface area contributed by atoms with Gasteiger partial charge in [-0.3, -0.25) is 0 Å². The van der Waals surface area contributed by atoms with Gasteiger partial charge < -0.3 is 14.6 Å². The summed E-state index contributed by atoms with van der Waals surface area (Å²) in [5.74, 6) is 0. The molecule has 1 fully saturated rings. The minimum Gasteiger partial charge on any atom is -0.378 e. The molecule has 5 heteroatoms. The molecule has 0 spiro atoms. The normalized spacial score (nSPS) is 14.1. The standard InChI is InChI=1S/C24H20N4O/c25-16-17-2-1-3-19(14-17)21-8-9-26-24-22(21)15-23(27-24)18-4-6-20(7-5-18)28-10-12-29-13-11-28/h1-9,14-15H,10-13H2,(H,26,27). The van der Waals surface area contributed by atoms with Crippen molar-refractivity contribution >= 4 is 16.7 Å². The Hall–Kier alpha value is -3.62. The first-order chi connectivity index (χ1) is 14.3. The predicted octanol–water partition coefficient (Wildman–Crippen LogP) is 4.61. The van der Waals surface area contributed by atoms with Gasteiger partial charge in [0.05, 0.1) is 24.8 Å². The maximum Gasteiger partial charge on any atom is 0.138 e. The molecule has 0 unspecified atom stereocenters. The van der Waals surface area contributed by atoms with Crippen molar-refractivity contribution in [2.24, 2.45) is 0 Å². The van der Waals surface area contributed by atoms with E-state index < -0.39 is 0 Å². The summed E-state index contributed by atoms with van der Waals surface area (Å²) < 4.78 is 5.44. The minimum absolute atomic E-state index is 0.655. The van der Waals surface area contributed by atoms with E-state index in [1.807, 2.05) is 30.3 Å². The largest absolute Gasteiger partial charge is 0.378 e. The van der Waals surface area contributed by atoms with Gasteiger partial charge in [-0.15, -0.1) is 0 Å².